The van der Waals surface area contributed by atoms with Gasteiger partial charge in [0.25, 0.3) is 0 Å². The number of hydrogen-bond donors (Lipinski definition) is 2. The average molecular weight is 581 g/mol. The molecule has 5 fully saturated rings. The van der Waals surface area contributed by atoms with Gasteiger partial charge >= 0.3 is 6.01 Å². The molecule has 2 bridgehead atoms. The first-order valence-electron chi connectivity index (χ1n) is 16.0. The van der Waals surface area contributed by atoms with Gasteiger partial charge in [0.2, 0.25) is 0 Å². The van der Waals surface area contributed by atoms with E-state index in [1.165, 1.54) is 32.1 Å². The molecular weight excluding hydrogens is 543 g/mol. The lowest BCUT2D eigenvalue weighted by Gasteiger charge is -2.35. The van der Waals surface area contributed by atoms with Crippen molar-refractivity contribution in [3.8, 4) is 23.0 Å². The first-order chi connectivity index (χ1) is 21.0. The molecule has 0 spiro atoms. The molecular formula is C34H37FN6O2. The van der Waals surface area contributed by atoms with E-state index >= 15 is 4.39 Å². The number of nitrogens with one attached hydrogen (secondary N) is 1. The van der Waals surface area contributed by atoms with Crippen LogP contribution in [0.4, 0.5) is 10.2 Å². The molecule has 8 nitrogen and oxygen atoms in total. The highest BCUT2D eigenvalue weighted by atomic mass is 19.1. The number of benzene rings is 2. The highest BCUT2D eigenvalue weighted by Crippen LogP contribution is 2.51. The number of phenols is 1. The van der Waals surface area contributed by atoms with Crippen LogP contribution in [-0.2, 0) is 0 Å². The summed E-state index contributed by atoms with van der Waals surface area (Å²) in [6.45, 7) is 3.29. The minimum absolute atomic E-state index is 0.0326. The highest BCUT2D eigenvalue weighted by molar-refractivity contribution is 5.99. The van der Waals surface area contributed by atoms with Gasteiger partial charge in [0, 0.05) is 43.0 Å². The van der Waals surface area contributed by atoms with Crippen molar-refractivity contribution in [2.24, 2.45) is 5.92 Å². The highest BCUT2D eigenvalue weighted by Gasteiger charge is 2.55. The summed E-state index contributed by atoms with van der Waals surface area (Å²) in [5.74, 6) is 1.01. The van der Waals surface area contributed by atoms with Crippen LogP contribution in [0, 0.1) is 11.7 Å². The maximum atomic E-state index is 16.7. The molecule has 4 aliphatic heterocycles. The summed E-state index contributed by atoms with van der Waals surface area (Å²) < 4.78 is 23.2. The fourth-order valence-electron chi connectivity index (χ4n) is 9.24. The zero-order valence-corrected chi connectivity index (χ0v) is 24.3. The second-order valence-electron chi connectivity index (χ2n) is 13.5. The van der Waals surface area contributed by atoms with Crippen LogP contribution < -0.4 is 15.0 Å². The van der Waals surface area contributed by atoms with Crippen LogP contribution in [0.25, 0.3) is 32.9 Å². The summed E-state index contributed by atoms with van der Waals surface area (Å²) in [6.07, 6.45) is 11.4. The molecule has 2 N–H and O–H groups in total. The molecule has 222 valence electrons. The fourth-order valence-corrected chi connectivity index (χ4v) is 9.24. The normalized spacial score (nSPS) is 29.9. The van der Waals surface area contributed by atoms with Crippen molar-refractivity contribution in [1.82, 2.24) is 25.2 Å². The van der Waals surface area contributed by atoms with Gasteiger partial charge in [-0.05, 0) is 80.3 Å². The second kappa shape index (κ2) is 9.72. The van der Waals surface area contributed by atoms with Gasteiger partial charge in [0.1, 0.15) is 29.4 Å². The molecule has 9 heteroatoms. The van der Waals surface area contributed by atoms with E-state index < -0.39 is 5.82 Å². The first-order valence-corrected chi connectivity index (χ1v) is 16.0. The van der Waals surface area contributed by atoms with Crippen LogP contribution in [0.3, 0.4) is 0 Å². The largest absolute Gasteiger partial charge is 0.508 e. The van der Waals surface area contributed by atoms with Crippen molar-refractivity contribution < 1.29 is 14.2 Å². The number of halogens is 1. The summed E-state index contributed by atoms with van der Waals surface area (Å²) in [4.78, 5) is 19.3. The van der Waals surface area contributed by atoms with E-state index in [1.807, 2.05) is 24.3 Å². The summed E-state index contributed by atoms with van der Waals surface area (Å²) >= 11 is 0. The van der Waals surface area contributed by atoms with E-state index in [0.717, 1.165) is 55.6 Å². The van der Waals surface area contributed by atoms with Crippen LogP contribution in [0.1, 0.15) is 51.4 Å². The third-order valence-corrected chi connectivity index (χ3v) is 11.0. The van der Waals surface area contributed by atoms with Crippen molar-refractivity contribution in [2.75, 3.05) is 31.1 Å². The second-order valence-corrected chi connectivity index (χ2v) is 13.5. The van der Waals surface area contributed by atoms with Gasteiger partial charge in [0.15, 0.2) is 5.82 Å². The van der Waals surface area contributed by atoms with E-state index in [0.29, 0.717) is 41.5 Å². The lowest BCUT2D eigenvalue weighted by atomic mass is 9.90. The van der Waals surface area contributed by atoms with Crippen molar-refractivity contribution in [2.45, 2.75) is 75.0 Å². The Hall–Kier alpha value is -3.56. The smallest absolute Gasteiger partial charge is 0.319 e. The van der Waals surface area contributed by atoms with Gasteiger partial charge in [-0.25, -0.2) is 4.39 Å². The van der Waals surface area contributed by atoms with E-state index in [4.69, 9.17) is 14.7 Å². The SMILES string of the molecule is Oc1cc(-c2ncc3c(N4CC5CCC(C4)N5)nc(OC[C@]45CCCN4[C@H]4CCC[C@H]4C5)nc3c2F)c2ccccc2c1. The lowest BCUT2D eigenvalue weighted by molar-refractivity contribution is 0.0832. The monoisotopic (exact) mass is 580 g/mol. The Morgan fingerprint density at radius 3 is 2.77 bits per heavy atom. The fraction of sp³-hybridized carbons (Fsp3) is 0.500. The van der Waals surface area contributed by atoms with Crippen molar-refractivity contribution >= 4 is 27.5 Å². The lowest BCUT2D eigenvalue weighted by Crippen LogP contribution is -2.51. The Bertz CT molecular complexity index is 1740. The van der Waals surface area contributed by atoms with E-state index in [-0.39, 0.29) is 28.5 Å². The zero-order chi connectivity index (χ0) is 28.7. The van der Waals surface area contributed by atoms with Gasteiger partial charge < -0.3 is 20.1 Å². The summed E-state index contributed by atoms with van der Waals surface area (Å²) in [5.41, 5.74) is 0.952. The van der Waals surface area contributed by atoms with Crippen molar-refractivity contribution in [3.63, 3.8) is 0 Å². The Morgan fingerprint density at radius 2 is 1.88 bits per heavy atom. The van der Waals surface area contributed by atoms with E-state index in [1.54, 1.807) is 18.3 Å². The Morgan fingerprint density at radius 1 is 1.02 bits per heavy atom. The summed E-state index contributed by atoms with van der Waals surface area (Å²) in [7, 11) is 0. The number of fused-ring (bicyclic) bond motifs is 7. The molecule has 2 unspecified atom stereocenters. The maximum absolute atomic E-state index is 16.7. The third kappa shape index (κ3) is 4.11. The van der Waals surface area contributed by atoms with Gasteiger partial charge in [0.05, 0.1) is 10.9 Å². The number of phenolic OH excluding ortho intramolecular Hbond substituents is 1. The van der Waals surface area contributed by atoms with Crippen molar-refractivity contribution in [3.05, 3.63) is 48.4 Å². The molecule has 1 aliphatic carbocycles. The van der Waals surface area contributed by atoms with E-state index in [2.05, 4.69) is 20.1 Å². The summed E-state index contributed by atoms with van der Waals surface area (Å²) in [5, 5.41) is 16.4. The number of pyridine rings is 1. The molecule has 43 heavy (non-hydrogen) atoms. The quantitative estimate of drug-likeness (QED) is 0.324. The number of rotatable bonds is 5. The standard InChI is InChI=1S/C34H37FN6O2/c35-29-30(26-14-24(42)13-20-5-1-2-7-25(20)26)36-16-27-31(29)38-33(39-32(27)40-17-22-9-10-23(18-40)37-22)43-19-34-11-4-12-41(34)28-8-3-6-21(28)15-34/h1-2,5,7,13-14,16,21-23,28,37,42H,3-4,6,8-12,15,17-19H2/t21-,22?,23?,28-,34+/m0/s1. The molecule has 4 saturated heterocycles. The molecule has 9 rings (SSSR count). The van der Waals surface area contributed by atoms with E-state index in [9.17, 15) is 5.11 Å². The zero-order valence-electron chi connectivity index (χ0n) is 24.3. The molecule has 5 aliphatic rings. The Kier molecular flexibility index (Phi) is 5.86. The number of piperazine rings is 1. The number of aromatic nitrogens is 3. The molecule has 5 atom stereocenters. The van der Waals surface area contributed by atoms with Gasteiger partial charge in [-0.15, -0.1) is 0 Å². The maximum Gasteiger partial charge on any atom is 0.319 e. The Balaban J connectivity index is 1.14. The van der Waals surface area contributed by atoms with Crippen LogP contribution in [0.5, 0.6) is 11.8 Å². The Labute approximate surface area is 250 Å². The number of hydrogen-bond acceptors (Lipinski definition) is 8. The molecule has 6 heterocycles. The predicted octanol–water partition coefficient (Wildman–Crippen LogP) is 5.42. The van der Waals surface area contributed by atoms with Gasteiger partial charge in [-0.1, -0.05) is 30.7 Å². The number of nitrogens with zero attached hydrogens (tertiary/aromatic N) is 5. The van der Waals surface area contributed by atoms with Crippen LogP contribution in [0.2, 0.25) is 0 Å². The van der Waals surface area contributed by atoms with Gasteiger partial charge in [-0.3, -0.25) is 9.88 Å². The molecule has 4 aromatic rings. The molecule has 0 radical (unpaired) electrons. The topological polar surface area (TPSA) is 86.6 Å². The minimum atomic E-state index is -0.518. The molecule has 0 amide bonds. The van der Waals surface area contributed by atoms with Crippen LogP contribution in [-0.4, -0.2) is 74.9 Å². The predicted molar refractivity (Wildman–Crippen MR) is 164 cm³/mol. The number of ether oxygens (including phenoxy) is 1. The molecule has 2 aromatic heterocycles. The van der Waals surface area contributed by atoms with Gasteiger partial charge in [-0.2, -0.15) is 9.97 Å². The van der Waals surface area contributed by atoms with Crippen LogP contribution in [0.15, 0.2) is 42.6 Å². The first kappa shape index (κ1) is 25.9. The van der Waals surface area contributed by atoms with Crippen molar-refractivity contribution in [1.29, 1.82) is 0 Å². The summed E-state index contributed by atoms with van der Waals surface area (Å²) in [6, 6.07) is 12.6. The number of anilines is 1. The number of aromatic hydroxyl groups is 1. The molecule has 1 saturated carbocycles. The molecule has 2 aromatic carbocycles. The average Bonchev–Trinajstić information content (AvgIpc) is 3.77. The minimum Gasteiger partial charge on any atom is -0.508 e. The third-order valence-electron chi connectivity index (χ3n) is 11.0. The van der Waals surface area contributed by atoms with Crippen LogP contribution >= 0.6 is 0 Å².